The van der Waals surface area contributed by atoms with Crippen molar-refractivity contribution in [3.63, 3.8) is 0 Å². The molecule has 1 aliphatic heterocycles. The average Bonchev–Trinajstić information content (AvgIpc) is 2.89. The third-order valence-corrected chi connectivity index (χ3v) is 3.67. The first-order chi connectivity index (χ1) is 9.93. The quantitative estimate of drug-likeness (QED) is 0.346. The van der Waals surface area contributed by atoms with E-state index in [4.69, 9.17) is 27.8 Å². The summed E-state index contributed by atoms with van der Waals surface area (Å²) >= 11 is 5.10. The van der Waals surface area contributed by atoms with Gasteiger partial charge < -0.3 is 30.8 Å². The number of aliphatic hydroxyl groups excluding tert-OH is 3. The maximum atomic E-state index is 11.8. The van der Waals surface area contributed by atoms with Gasteiger partial charge in [-0.25, -0.2) is 0 Å². The van der Waals surface area contributed by atoms with Crippen molar-refractivity contribution in [1.82, 2.24) is 19.5 Å². The molecule has 3 rings (SSSR count). The van der Waals surface area contributed by atoms with Gasteiger partial charge in [0.2, 0.25) is 5.95 Å². The zero-order valence-corrected chi connectivity index (χ0v) is 11.4. The molecule has 1 saturated heterocycles. The highest BCUT2D eigenvalue weighted by atomic mass is 32.1. The van der Waals surface area contributed by atoms with Crippen molar-refractivity contribution >= 4 is 29.3 Å². The van der Waals surface area contributed by atoms with E-state index >= 15 is 0 Å². The minimum absolute atomic E-state index is 0.0726. The lowest BCUT2D eigenvalue weighted by Gasteiger charge is -2.16. The molecule has 0 bridgehead atoms. The van der Waals surface area contributed by atoms with Crippen molar-refractivity contribution in [2.75, 3.05) is 12.3 Å². The second kappa shape index (κ2) is 4.89. The molecule has 0 radical (unpaired) electrons. The Morgan fingerprint density at radius 2 is 2.10 bits per heavy atom. The summed E-state index contributed by atoms with van der Waals surface area (Å²) in [6.07, 6.45) is -4.68. The molecular weight excluding hydrogens is 302 g/mol. The predicted molar refractivity (Wildman–Crippen MR) is 73.0 cm³/mol. The maximum Gasteiger partial charge on any atom is 0.278 e. The van der Waals surface area contributed by atoms with E-state index < -0.39 is 36.7 Å². The Morgan fingerprint density at radius 1 is 1.38 bits per heavy atom. The lowest BCUT2D eigenvalue weighted by Crippen LogP contribution is -2.33. The van der Waals surface area contributed by atoms with Crippen LogP contribution >= 0.6 is 12.2 Å². The van der Waals surface area contributed by atoms with Crippen LogP contribution < -0.4 is 11.3 Å². The molecule has 4 atom stereocenters. The summed E-state index contributed by atoms with van der Waals surface area (Å²) in [5.41, 5.74) is 5.15. The van der Waals surface area contributed by atoms with Gasteiger partial charge in [0.1, 0.15) is 18.3 Å². The molecule has 2 aromatic heterocycles. The third kappa shape index (κ3) is 2.06. The molecule has 10 nitrogen and oxygen atoms in total. The van der Waals surface area contributed by atoms with Crippen LogP contribution in [0.3, 0.4) is 0 Å². The summed E-state index contributed by atoms with van der Waals surface area (Å²) < 4.78 is 6.70. The van der Waals surface area contributed by atoms with Crippen LogP contribution in [0.4, 0.5) is 5.95 Å². The van der Waals surface area contributed by atoms with Crippen molar-refractivity contribution in [3.8, 4) is 0 Å². The zero-order valence-electron chi connectivity index (χ0n) is 10.6. The van der Waals surface area contributed by atoms with Crippen LogP contribution in [-0.4, -0.2) is 59.8 Å². The van der Waals surface area contributed by atoms with Crippen LogP contribution in [0.5, 0.6) is 0 Å². The van der Waals surface area contributed by atoms with E-state index in [1.807, 2.05) is 0 Å². The fourth-order valence-electron chi connectivity index (χ4n) is 2.36. The smallest absolute Gasteiger partial charge is 0.278 e. The number of aromatic amines is 2. The van der Waals surface area contributed by atoms with Crippen LogP contribution in [0.2, 0.25) is 0 Å². The Morgan fingerprint density at radius 3 is 2.71 bits per heavy atom. The Labute approximate surface area is 121 Å². The second-order valence-electron chi connectivity index (χ2n) is 4.68. The predicted octanol–water partition coefficient (Wildman–Crippen LogP) is -2.02. The fourth-order valence-corrected chi connectivity index (χ4v) is 2.65. The van der Waals surface area contributed by atoms with Crippen molar-refractivity contribution < 1.29 is 20.1 Å². The van der Waals surface area contributed by atoms with E-state index in [1.165, 1.54) is 4.57 Å². The summed E-state index contributed by atoms with van der Waals surface area (Å²) in [4.78, 5) is 20.7. The maximum absolute atomic E-state index is 11.8. The van der Waals surface area contributed by atoms with Gasteiger partial charge >= 0.3 is 0 Å². The molecule has 1 aliphatic rings. The number of ether oxygens (including phenoxy) is 1. The minimum atomic E-state index is -1.34. The number of nitrogens with two attached hydrogens (primary N) is 1. The average molecular weight is 315 g/mol. The number of aliphatic hydroxyl groups is 3. The Bertz CT molecular complexity index is 797. The monoisotopic (exact) mass is 315 g/mol. The molecule has 3 heterocycles. The number of aromatic nitrogens is 4. The van der Waals surface area contributed by atoms with Gasteiger partial charge in [0.05, 0.1) is 6.61 Å². The van der Waals surface area contributed by atoms with Gasteiger partial charge in [-0.3, -0.25) is 14.3 Å². The van der Waals surface area contributed by atoms with E-state index in [-0.39, 0.29) is 21.9 Å². The molecule has 0 spiro atoms. The topological polar surface area (TPSA) is 162 Å². The molecule has 21 heavy (non-hydrogen) atoms. The van der Waals surface area contributed by atoms with Gasteiger partial charge in [0.25, 0.3) is 5.56 Å². The first-order valence-electron chi connectivity index (χ1n) is 6.06. The van der Waals surface area contributed by atoms with Gasteiger partial charge in [-0.1, -0.05) is 0 Å². The van der Waals surface area contributed by atoms with E-state index in [2.05, 4.69) is 15.0 Å². The van der Waals surface area contributed by atoms with E-state index in [9.17, 15) is 15.0 Å². The van der Waals surface area contributed by atoms with Gasteiger partial charge in [-0.15, -0.1) is 0 Å². The molecule has 0 unspecified atom stereocenters. The highest BCUT2D eigenvalue weighted by Gasteiger charge is 2.44. The van der Waals surface area contributed by atoms with Crippen molar-refractivity contribution in [2.24, 2.45) is 0 Å². The van der Waals surface area contributed by atoms with Crippen LogP contribution in [0.15, 0.2) is 4.79 Å². The number of nitrogen functional groups attached to an aromatic ring is 1. The summed E-state index contributed by atoms with van der Waals surface area (Å²) in [6.45, 7) is -0.472. The largest absolute Gasteiger partial charge is 0.394 e. The SMILES string of the molecule is Nc1nc2c([nH]c(=S)n2[C@@H]2O[C@@H](CO)[C@H](O)[C@@H]2O)c(=O)[nH]1. The highest BCUT2D eigenvalue weighted by Crippen LogP contribution is 2.31. The first-order valence-corrected chi connectivity index (χ1v) is 6.47. The van der Waals surface area contributed by atoms with E-state index in [0.29, 0.717) is 0 Å². The molecule has 0 aliphatic carbocycles. The highest BCUT2D eigenvalue weighted by molar-refractivity contribution is 7.71. The Balaban J connectivity index is 2.20. The minimum Gasteiger partial charge on any atom is -0.394 e. The summed E-state index contributed by atoms with van der Waals surface area (Å²) in [6, 6.07) is 0. The number of hydrogen-bond donors (Lipinski definition) is 6. The number of imidazole rings is 1. The van der Waals surface area contributed by atoms with E-state index in [0.717, 1.165) is 0 Å². The van der Waals surface area contributed by atoms with Gasteiger partial charge in [-0.05, 0) is 12.2 Å². The normalized spacial score (nSPS) is 29.3. The Hall–Kier alpha value is -1.79. The molecule has 7 N–H and O–H groups in total. The van der Waals surface area contributed by atoms with Gasteiger partial charge in [0, 0.05) is 0 Å². The zero-order chi connectivity index (χ0) is 15.3. The number of hydrogen-bond acceptors (Lipinski definition) is 8. The molecule has 2 aromatic rings. The van der Waals surface area contributed by atoms with Crippen molar-refractivity contribution in [3.05, 3.63) is 15.1 Å². The van der Waals surface area contributed by atoms with Crippen molar-refractivity contribution in [2.45, 2.75) is 24.5 Å². The standard InChI is InChI=1S/C10H13N5O5S/c11-9-13-6-3(7(19)14-9)12-10(21)15(6)8-5(18)4(17)2(1-16)20-8/h2,4-5,8,16-18H,1H2,(H,12,21)(H3,11,13,14,19)/t2-,4-,5-,8+/m0/s1. The van der Waals surface area contributed by atoms with Crippen LogP contribution in [-0.2, 0) is 4.74 Å². The molecule has 1 fully saturated rings. The van der Waals surface area contributed by atoms with Gasteiger partial charge in [-0.2, -0.15) is 4.98 Å². The summed E-state index contributed by atoms with van der Waals surface area (Å²) in [5.74, 6) is -0.123. The number of fused-ring (bicyclic) bond motifs is 1. The lowest BCUT2D eigenvalue weighted by molar-refractivity contribution is -0.0516. The Kier molecular flexibility index (Phi) is 3.30. The van der Waals surface area contributed by atoms with Crippen LogP contribution in [0, 0.1) is 4.77 Å². The second-order valence-corrected chi connectivity index (χ2v) is 5.07. The van der Waals surface area contributed by atoms with Crippen LogP contribution in [0.25, 0.3) is 11.2 Å². The third-order valence-electron chi connectivity index (χ3n) is 3.37. The van der Waals surface area contributed by atoms with Crippen molar-refractivity contribution in [1.29, 1.82) is 0 Å². The molecule has 0 saturated carbocycles. The number of anilines is 1. The van der Waals surface area contributed by atoms with E-state index in [1.54, 1.807) is 0 Å². The van der Waals surface area contributed by atoms with Crippen LogP contribution in [0.1, 0.15) is 6.23 Å². The van der Waals surface area contributed by atoms with Gasteiger partial charge in [0.15, 0.2) is 22.2 Å². The number of rotatable bonds is 2. The molecule has 114 valence electrons. The molecular formula is C10H13N5O5S. The number of H-pyrrole nitrogens is 2. The number of nitrogens with one attached hydrogen (secondary N) is 2. The molecule has 0 amide bonds. The first kappa shape index (κ1) is 14.2. The molecule has 0 aromatic carbocycles. The lowest BCUT2D eigenvalue weighted by atomic mass is 10.1. The number of nitrogens with zero attached hydrogens (tertiary/aromatic N) is 2. The molecule has 11 heteroatoms. The fraction of sp³-hybridized carbons (Fsp3) is 0.500. The summed E-state index contributed by atoms with van der Waals surface area (Å²) in [5, 5.41) is 28.9. The summed E-state index contributed by atoms with van der Waals surface area (Å²) in [7, 11) is 0.